The largest absolute Gasteiger partial charge is 0.466 e. The molecule has 2 heterocycles. The van der Waals surface area contributed by atoms with Crippen molar-refractivity contribution in [2.24, 2.45) is 0 Å². The molecule has 6 heteroatoms. The van der Waals surface area contributed by atoms with Gasteiger partial charge in [-0.2, -0.15) is 5.26 Å². The number of aromatic nitrogens is 1. The lowest BCUT2D eigenvalue weighted by molar-refractivity contribution is -0.144. The van der Waals surface area contributed by atoms with E-state index in [-0.39, 0.29) is 29.3 Å². The van der Waals surface area contributed by atoms with Crippen LogP contribution in [0.1, 0.15) is 81.3 Å². The van der Waals surface area contributed by atoms with Crippen LogP contribution in [0, 0.1) is 18.3 Å². The Morgan fingerprint density at radius 2 is 1.76 bits per heavy atom. The maximum Gasteiger partial charge on any atom is 0.313 e. The molecule has 1 aromatic heterocycles. The van der Waals surface area contributed by atoms with E-state index in [9.17, 15) is 14.9 Å². The lowest BCUT2D eigenvalue weighted by Crippen LogP contribution is -2.36. The van der Waals surface area contributed by atoms with E-state index >= 15 is 0 Å². The van der Waals surface area contributed by atoms with Crippen molar-refractivity contribution in [1.29, 1.82) is 5.26 Å². The molecule has 1 fully saturated rings. The van der Waals surface area contributed by atoms with Crippen molar-refractivity contribution in [2.45, 2.75) is 65.7 Å². The molecule has 1 atom stereocenters. The average Bonchev–Trinajstić information content (AvgIpc) is 3.18. The summed E-state index contributed by atoms with van der Waals surface area (Å²) >= 11 is 0. The second-order valence-corrected chi connectivity index (χ2v) is 9.19. The van der Waals surface area contributed by atoms with Gasteiger partial charge in [0.25, 0.3) is 5.91 Å². The molecular weight excluding hydrogens is 426 g/mol. The molecule has 1 saturated heterocycles. The minimum absolute atomic E-state index is 0.177. The lowest BCUT2D eigenvalue weighted by atomic mass is 10.0. The molecule has 1 aromatic carbocycles. The van der Waals surface area contributed by atoms with Gasteiger partial charge in [-0.25, -0.2) is 0 Å². The first-order chi connectivity index (χ1) is 16.3. The Labute approximate surface area is 202 Å². The fraction of sp³-hybridized carbons (Fsp3) is 0.464. The van der Waals surface area contributed by atoms with Crippen LogP contribution in [0.2, 0.25) is 0 Å². The number of benzene rings is 1. The highest BCUT2D eigenvalue weighted by Crippen LogP contribution is 2.29. The number of esters is 1. The lowest BCUT2D eigenvalue weighted by Gasteiger charge is -2.26. The fourth-order valence-corrected chi connectivity index (χ4v) is 4.44. The maximum atomic E-state index is 12.9. The molecule has 0 N–H and O–H groups in total. The van der Waals surface area contributed by atoms with E-state index in [1.165, 1.54) is 0 Å². The van der Waals surface area contributed by atoms with Crippen LogP contribution in [0.4, 0.5) is 0 Å². The van der Waals surface area contributed by atoms with E-state index in [2.05, 4.69) is 30.6 Å². The number of carbonyl (C=O) groups is 2. The van der Waals surface area contributed by atoms with Gasteiger partial charge in [0.1, 0.15) is 11.6 Å². The predicted octanol–water partition coefficient (Wildman–Crippen LogP) is 5.50. The van der Waals surface area contributed by atoms with Crippen molar-refractivity contribution < 1.29 is 14.3 Å². The molecule has 0 aliphatic carbocycles. The smallest absolute Gasteiger partial charge is 0.313 e. The van der Waals surface area contributed by atoms with Gasteiger partial charge in [-0.05, 0) is 81.4 Å². The summed E-state index contributed by atoms with van der Waals surface area (Å²) in [7, 11) is 0. The van der Waals surface area contributed by atoms with Gasteiger partial charge in [-0.1, -0.05) is 26.0 Å². The highest BCUT2D eigenvalue weighted by molar-refractivity contribution is 6.01. The van der Waals surface area contributed by atoms with Crippen molar-refractivity contribution in [3.8, 4) is 11.8 Å². The van der Waals surface area contributed by atoms with Gasteiger partial charge in [-0.3, -0.25) is 9.59 Å². The monoisotopic (exact) mass is 461 g/mol. The van der Waals surface area contributed by atoms with E-state index in [0.29, 0.717) is 19.7 Å². The Morgan fingerprint density at radius 3 is 2.32 bits per heavy atom. The molecule has 1 aliphatic heterocycles. The summed E-state index contributed by atoms with van der Waals surface area (Å²) in [6.45, 7) is 11.7. The number of hydrogen-bond acceptors (Lipinski definition) is 4. The van der Waals surface area contributed by atoms with Gasteiger partial charge in [-0.15, -0.1) is 0 Å². The molecule has 34 heavy (non-hydrogen) atoms. The normalized spacial score (nSPS) is 15.2. The maximum absolute atomic E-state index is 12.9. The summed E-state index contributed by atoms with van der Waals surface area (Å²) in [6, 6.07) is 12.1. The van der Waals surface area contributed by atoms with Crippen molar-refractivity contribution in [1.82, 2.24) is 9.47 Å². The summed E-state index contributed by atoms with van der Waals surface area (Å²) in [5, 5.41) is 9.74. The number of likely N-dealkylation sites (tertiary alicyclic amines) is 1. The Hall–Kier alpha value is -3.33. The highest BCUT2D eigenvalue weighted by atomic mass is 16.5. The second kappa shape index (κ2) is 11.2. The molecule has 0 spiro atoms. The van der Waals surface area contributed by atoms with E-state index in [1.54, 1.807) is 17.9 Å². The van der Waals surface area contributed by atoms with E-state index in [4.69, 9.17) is 4.74 Å². The van der Waals surface area contributed by atoms with Gasteiger partial charge in [0.05, 0.1) is 12.5 Å². The number of nitrogens with zero attached hydrogens (tertiary/aromatic N) is 3. The van der Waals surface area contributed by atoms with Crippen molar-refractivity contribution in [2.75, 3.05) is 19.7 Å². The van der Waals surface area contributed by atoms with Crippen LogP contribution in [0.5, 0.6) is 0 Å². The van der Waals surface area contributed by atoms with E-state index < -0.39 is 0 Å². The standard InChI is InChI=1S/C28H35N3O3/c1-6-34-28(33)20(4)22-10-12-25(13-11-22)31-21(5)23(17-26(31)19(2)3)16-24(18-29)27(32)30-14-8-7-9-15-30/h10-13,16-17,19-20H,6-9,14-15H2,1-5H3/b24-16+. The van der Waals surface area contributed by atoms with Crippen LogP contribution in [0.3, 0.4) is 0 Å². The topological polar surface area (TPSA) is 75.3 Å². The number of amides is 1. The van der Waals surface area contributed by atoms with Crippen LogP contribution in [-0.4, -0.2) is 41.0 Å². The van der Waals surface area contributed by atoms with Crippen LogP contribution in [-0.2, 0) is 14.3 Å². The van der Waals surface area contributed by atoms with E-state index in [1.807, 2.05) is 38.1 Å². The first kappa shape index (κ1) is 25.3. The third-order valence-corrected chi connectivity index (χ3v) is 6.49. The minimum atomic E-state index is -0.332. The molecule has 3 rings (SSSR count). The zero-order valence-corrected chi connectivity index (χ0v) is 20.9. The Bertz CT molecular complexity index is 1100. The molecular formula is C28H35N3O3. The van der Waals surface area contributed by atoms with Crippen LogP contribution >= 0.6 is 0 Å². The molecule has 1 unspecified atom stereocenters. The van der Waals surface area contributed by atoms with Crippen LogP contribution in [0.15, 0.2) is 35.9 Å². The minimum Gasteiger partial charge on any atom is -0.466 e. The number of piperidine rings is 1. The zero-order valence-electron chi connectivity index (χ0n) is 20.9. The fourth-order valence-electron chi connectivity index (χ4n) is 4.44. The van der Waals surface area contributed by atoms with Crippen molar-refractivity contribution in [3.05, 3.63) is 58.4 Å². The van der Waals surface area contributed by atoms with Gasteiger partial charge >= 0.3 is 5.97 Å². The Balaban J connectivity index is 1.96. The SMILES string of the molecule is CCOC(=O)C(C)c1ccc(-n2c(C(C)C)cc(/C=C(\C#N)C(=O)N3CCCCC3)c2C)cc1. The van der Waals surface area contributed by atoms with Gasteiger partial charge in [0.15, 0.2) is 0 Å². The molecule has 0 radical (unpaired) electrons. The third-order valence-electron chi connectivity index (χ3n) is 6.49. The number of hydrogen-bond donors (Lipinski definition) is 0. The van der Waals surface area contributed by atoms with Crippen molar-refractivity contribution >= 4 is 18.0 Å². The number of rotatable bonds is 7. The average molecular weight is 462 g/mol. The van der Waals surface area contributed by atoms with E-state index in [0.717, 1.165) is 47.5 Å². The highest BCUT2D eigenvalue weighted by Gasteiger charge is 2.22. The summed E-state index contributed by atoms with van der Waals surface area (Å²) < 4.78 is 7.31. The molecule has 0 saturated carbocycles. The predicted molar refractivity (Wildman–Crippen MR) is 134 cm³/mol. The van der Waals surface area contributed by atoms with Crippen LogP contribution in [0.25, 0.3) is 11.8 Å². The van der Waals surface area contributed by atoms with Crippen LogP contribution < -0.4 is 0 Å². The number of nitriles is 1. The summed E-state index contributed by atoms with van der Waals surface area (Å²) in [4.78, 5) is 26.8. The first-order valence-corrected chi connectivity index (χ1v) is 12.2. The summed E-state index contributed by atoms with van der Waals surface area (Å²) in [6.07, 6.45) is 4.84. The molecule has 2 aromatic rings. The zero-order chi connectivity index (χ0) is 24.8. The molecule has 180 valence electrons. The summed E-state index contributed by atoms with van der Waals surface area (Å²) in [5.74, 6) is -0.507. The first-order valence-electron chi connectivity index (χ1n) is 12.2. The second-order valence-electron chi connectivity index (χ2n) is 9.19. The third kappa shape index (κ3) is 5.41. The number of carbonyl (C=O) groups excluding carboxylic acids is 2. The van der Waals surface area contributed by atoms with Gasteiger partial charge in [0, 0.05) is 30.2 Å². The Kier molecular flexibility index (Phi) is 8.33. The number of ether oxygens (including phenoxy) is 1. The summed E-state index contributed by atoms with van der Waals surface area (Å²) in [5.41, 5.74) is 4.98. The van der Waals surface area contributed by atoms with Gasteiger partial charge in [0.2, 0.25) is 0 Å². The molecule has 6 nitrogen and oxygen atoms in total. The molecule has 1 amide bonds. The molecule has 1 aliphatic rings. The van der Waals surface area contributed by atoms with Gasteiger partial charge < -0.3 is 14.2 Å². The Morgan fingerprint density at radius 1 is 1.12 bits per heavy atom. The molecule has 0 bridgehead atoms. The van der Waals surface area contributed by atoms with Crippen molar-refractivity contribution in [3.63, 3.8) is 0 Å². The quantitative estimate of drug-likeness (QED) is 0.310.